The van der Waals surface area contributed by atoms with Crippen LogP contribution in [-0.2, 0) is 31.4 Å². The summed E-state index contributed by atoms with van der Waals surface area (Å²) in [7, 11) is 16.6. The number of anilines is 8. The number of benzene rings is 8. The Morgan fingerprint density at radius 1 is 0.416 bits per heavy atom. The van der Waals surface area contributed by atoms with Gasteiger partial charge in [-0.15, -0.1) is 0 Å². The fourth-order valence-electron chi connectivity index (χ4n) is 16.1. The summed E-state index contributed by atoms with van der Waals surface area (Å²) in [5, 5.41) is 19.6. The molecule has 2 aliphatic carbocycles. The second-order valence-electron chi connectivity index (χ2n) is 34.2. The molecule has 8 aromatic heterocycles. The van der Waals surface area contributed by atoms with Gasteiger partial charge in [0.2, 0.25) is 0 Å². The first-order chi connectivity index (χ1) is 66.6. The maximum Gasteiger partial charge on any atom is 0.278 e. The van der Waals surface area contributed by atoms with Crippen molar-refractivity contribution >= 4 is 106 Å². The zero-order chi connectivity index (χ0) is 95.2. The fraction of sp³-hybridized carbons (Fsp3) is 0.304. The highest BCUT2D eigenvalue weighted by molar-refractivity contribution is 7.87. The van der Waals surface area contributed by atoms with Crippen molar-refractivity contribution in [3.05, 3.63) is 232 Å². The van der Waals surface area contributed by atoms with Crippen LogP contribution in [0.5, 0.6) is 46.0 Å². The largest absolute Gasteiger partial charge is 0.497 e. The molecular formula is C102H112N24O10S. The van der Waals surface area contributed by atoms with Crippen molar-refractivity contribution in [1.29, 1.82) is 0 Å². The molecule has 20 rings (SSSR count). The Labute approximate surface area is 795 Å². The van der Waals surface area contributed by atoms with Crippen LogP contribution in [0.25, 0.3) is 89.2 Å². The lowest BCUT2D eigenvalue weighted by molar-refractivity contribution is 0.297. The predicted octanol–water partition coefficient (Wildman–Crippen LogP) is 17.2. The van der Waals surface area contributed by atoms with Crippen LogP contribution < -0.4 is 62.2 Å². The normalized spacial score (nSPS) is 13.5. The van der Waals surface area contributed by atoms with Gasteiger partial charge in [-0.05, 0) is 143 Å². The number of allylic oxidation sites excluding steroid dienone is 1. The number of methoxy groups -OCH3 is 7. The van der Waals surface area contributed by atoms with Gasteiger partial charge in [-0.25, -0.2) is 24.7 Å². The lowest BCUT2D eigenvalue weighted by atomic mass is 10.1. The summed E-state index contributed by atoms with van der Waals surface area (Å²) >= 11 is 0. The van der Waals surface area contributed by atoms with Gasteiger partial charge in [0.1, 0.15) is 46.0 Å². The molecule has 1 saturated heterocycles. The van der Waals surface area contributed by atoms with E-state index < -0.39 is 10.2 Å². The Morgan fingerprint density at radius 3 is 1.15 bits per heavy atom. The molecule has 2 aliphatic heterocycles. The maximum absolute atomic E-state index is 12.3. The number of nitrogens with one attached hydrogen (secondary N) is 2. The van der Waals surface area contributed by atoms with E-state index >= 15 is 0 Å². The van der Waals surface area contributed by atoms with Crippen LogP contribution in [-0.4, -0.2) is 226 Å². The molecule has 8 aromatic carbocycles. The van der Waals surface area contributed by atoms with E-state index in [2.05, 4.69) is 130 Å². The molecule has 2 N–H and O–H groups in total. The second-order valence-corrected chi connectivity index (χ2v) is 36.1. The monoisotopic (exact) mass is 1860 g/mol. The first-order valence-electron chi connectivity index (χ1n) is 45.4. The van der Waals surface area contributed by atoms with Crippen molar-refractivity contribution in [2.75, 3.05) is 142 Å². The predicted molar refractivity (Wildman–Crippen MR) is 535 cm³/mol. The van der Waals surface area contributed by atoms with Crippen LogP contribution in [0.1, 0.15) is 51.9 Å². The number of rotatable bonds is 34. The number of aliphatic imine (C=N–C) groups is 1. The molecule has 4 aliphatic rings. The number of likely N-dealkylation sites (tertiary alicyclic amines) is 1. The van der Waals surface area contributed by atoms with E-state index in [9.17, 15) is 8.42 Å². The van der Waals surface area contributed by atoms with Crippen molar-refractivity contribution in [3.63, 3.8) is 0 Å². The van der Waals surface area contributed by atoms with Crippen molar-refractivity contribution in [2.45, 2.75) is 51.9 Å². The Bertz CT molecular complexity index is 7050. The van der Waals surface area contributed by atoms with E-state index in [1.165, 1.54) is 52.6 Å². The number of ether oxygens (including phenoxy) is 8. The molecule has 3 fully saturated rings. The number of nitrogens with zero attached hydrogens (tertiary/aromatic N) is 22. The van der Waals surface area contributed by atoms with E-state index in [0.717, 1.165) is 219 Å². The van der Waals surface area contributed by atoms with E-state index in [-0.39, 0.29) is 6.54 Å². The van der Waals surface area contributed by atoms with Crippen LogP contribution in [0.4, 0.5) is 45.5 Å². The fourth-order valence-corrected chi connectivity index (χ4v) is 16.7. The molecule has 0 spiro atoms. The molecule has 0 unspecified atom stereocenters. The zero-order valence-electron chi connectivity index (χ0n) is 79.2. The van der Waals surface area contributed by atoms with Gasteiger partial charge >= 0.3 is 0 Å². The molecule has 137 heavy (non-hydrogen) atoms. The van der Waals surface area contributed by atoms with E-state index in [1.807, 2.05) is 155 Å². The van der Waals surface area contributed by atoms with Crippen LogP contribution >= 0.6 is 0 Å². The van der Waals surface area contributed by atoms with E-state index in [0.29, 0.717) is 47.6 Å². The Balaban J connectivity index is 0.000000127. The van der Waals surface area contributed by atoms with Gasteiger partial charge in [0, 0.05) is 245 Å². The number of H-pyrrole nitrogens is 1. The molecule has 0 radical (unpaired) electrons. The smallest absolute Gasteiger partial charge is 0.278 e. The highest BCUT2D eigenvalue weighted by Crippen LogP contribution is 2.43. The van der Waals surface area contributed by atoms with Crippen LogP contribution in [0.2, 0.25) is 0 Å². The summed E-state index contributed by atoms with van der Waals surface area (Å²) in [5.74, 6) is 7.26. The standard InChI is InChI=1S/C27H29N5O2.C26H26N6O2.C25H28N6O2.C24H29N7O4S/c1-31-16-20(13-29-31)27-14-28-25-8-7-21(11-26(25)30-27)32(15-18-3-4-18)22-9-23(33-2)12-24(10-22)34-17-19-5-6-19;1-17-5-6-19(29-17)16-32(21-9-22(33-3)12-23(10-21)34-4)20-7-8-24-25(11-20)30-26(14-27-24)18-13-28-31(2)15-18;1-32-21-11-20(12-22(14-21)33-2)31(10-9-30-7-3-4-8-30)19-5-6-23-24(13-19)29-25(17-26-23)18-15-27-28-16-18;1-29(2)36(32,33)27-8-9-31(19-10-20(34-4)13-21(11-19)35-5)18-6-7-22-23(12-18)28-24(15-25-22)17-14-26-30(3)16-17/h7-14,16,18-19H,3-6,15,17H2,1-2H3;6-15H,5,16H2,1-4H3;5-6,11-17H,3-4,7-10H2,1-2H3,(H,27,28);6-7,10-16,27H,8-9H2,1-5H3. The lowest BCUT2D eigenvalue weighted by Gasteiger charge is -2.28. The Kier molecular flexibility index (Phi) is 29.1. The maximum atomic E-state index is 12.3. The topological polar surface area (TPSA) is 337 Å². The minimum atomic E-state index is -3.58. The van der Waals surface area contributed by atoms with Crippen molar-refractivity contribution in [2.24, 2.45) is 38.0 Å². The number of aromatic amines is 1. The molecule has 2 saturated carbocycles. The van der Waals surface area contributed by atoms with E-state index in [4.69, 9.17) is 62.8 Å². The molecule has 706 valence electrons. The Hall–Kier alpha value is -15.2. The summed E-state index contributed by atoms with van der Waals surface area (Å²) in [6.45, 7) is 9.04. The summed E-state index contributed by atoms with van der Waals surface area (Å²) in [5.41, 5.74) is 23.1. The molecule has 0 bridgehead atoms. The molecule has 0 atom stereocenters. The minimum Gasteiger partial charge on any atom is -0.497 e. The third-order valence-electron chi connectivity index (χ3n) is 24.0. The average molecular weight is 1870 g/mol. The summed E-state index contributed by atoms with van der Waals surface area (Å²) in [6.07, 6.45) is 32.5. The van der Waals surface area contributed by atoms with Crippen LogP contribution in [0.15, 0.2) is 237 Å². The average Bonchev–Trinajstić information content (AvgIpc) is 1.71. The molecule has 10 heterocycles. The van der Waals surface area contributed by atoms with Crippen molar-refractivity contribution < 1.29 is 46.3 Å². The van der Waals surface area contributed by atoms with Crippen LogP contribution in [0, 0.1) is 11.8 Å². The van der Waals surface area contributed by atoms with Crippen LogP contribution in [0.3, 0.4) is 0 Å². The van der Waals surface area contributed by atoms with Gasteiger partial charge in [0.15, 0.2) is 0 Å². The third kappa shape index (κ3) is 23.4. The lowest BCUT2D eigenvalue weighted by Crippen LogP contribution is -2.39. The quantitative estimate of drug-likeness (QED) is 0.0378. The first kappa shape index (κ1) is 93.6. The zero-order valence-corrected chi connectivity index (χ0v) is 80.0. The Morgan fingerprint density at radius 2 is 0.788 bits per heavy atom. The van der Waals surface area contributed by atoms with Gasteiger partial charge in [0.05, 0.1) is 185 Å². The number of hydrogen-bond donors (Lipinski definition) is 2. The van der Waals surface area contributed by atoms with Crippen molar-refractivity contribution in [1.82, 2.24) is 93.3 Å². The number of fused-ring (bicyclic) bond motifs is 4. The van der Waals surface area contributed by atoms with Crippen molar-refractivity contribution in [3.8, 4) is 91.0 Å². The van der Waals surface area contributed by atoms with E-state index in [1.54, 1.807) is 107 Å². The highest BCUT2D eigenvalue weighted by atomic mass is 32.2. The molecule has 35 heteroatoms. The summed E-state index contributed by atoms with van der Waals surface area (Å²) in [6, 6.07) is 47.9. The molecular weight excluding hydrogens is 1750 g/mol. The van der Waals surface area contributed by atoms with Gasteiger partial charge < -0.3 is 62.4 Å². The second kappa shape index (κ2) is 42.6. The first-order valence-corrected chi connectivity index (χ1v) is 46.8. The van der Waals surface area contributed by atoms with Gasteiger partial charge in [-0.2, -0.15) is 33.1 Å². The van der Waals surface area contributed by atoms with Gasteiger partial charge in [-0.1, -0.05) is 6.08 Å². The number of hydrogen-bond acceptors (Lipinski definition) is 28. The van der Waals surface area contributed by atoms with Gasteiger partial charge in [-0.3, -0.25) is 44.1 Å². The number of aromatic nitrogens is 16. The summed E-state index contributed by atoms with van der Waals surface area (Å²) in [4.78, 5) is 53.9. The molecule has 16 aromatic rings. The minimum absolute atomic E-state index is 0.166. The summed E-state index contributed by atoms with van der Waals surface area (Å²) < 4.78 is 78.3. The molecule has 0 amide bonds. The molecule has 34 nitrogen and oxygen atoms in total. The number of aryl methyl sites for hydroxylation is 3. The highest BCUT2D eigenvalue weighted by Gasteiger charge is 2.29. The SMILES string of the molecule is COc1cc(OC)cc(N(CC2=CCC(C)=N2)c2ccc3ncc(-c4cnn(C)c4)nc3c2)c1.COc1cc(OC)cc(N(CCN2CCCC2)c2ccc3ncc(-c4cn[nH]c4)nc3c2)c1.COc1cc(OC)cc(N(CCNS(=O)(=O)N(C)C)c2ccc3ncc(-c4cnn(C)c4)nc3c2)c1.COc1cc(OCC2CC2)cc(N(CC2CC2)c2ccc3ncc(-c4cnn(C)c4)nc3c2)c1. The van der Waals surface area contributed by atoms with Gasteiger partial charge in [0.25, 0.3) is 10.2 Å². The third-order valence-corrected chi connectivity index (χ3v) is 25.6.